The van der Waals surface area contributed by atoms with Gasteiger partial charge in [0.2, 0.25) is 5.91 Å². The maximum atomic E-state index is 11.5. The van der Waals surface area contributed by atoms with E-state index in [0.29, 0.717) is 19.1 Å². The highest BCUT2D eigenvalue weighted by Crippen LogP contribution is 2.05. The van der Waals surface area contributed by atoms with E-state index in [1.54, 1.807) is 18.7 Å². The molecule has 0 saturated carbocycles. The van der Waals surface area contributed by atoms with Gasteiger partial charge in [0.25, 0.3) is 0 Å². The van der Waals surface area contributed by atoms with E-state index in [0.717, 1.165) is 0 Å². The monoisotopic (exact) mass is 230 g/mol. The second-order valence-electron chi connectivity index (χ2n) is 4.22. The van der Waals surface area contributed by atoms with Gasteiger partial charge in [-0.25, -0.2) is 0 Å². The summed E-state index contributed by atoms with van der Waals surface area (Å²) in [5.41, 5.74) is 5.15. The van der Waals surface area contributed by atoms with Crippen LogP contribution in [0, 0.1) is 5.92 Å². The molecule has 0 aliphatic heterocycles. The highest BCUT2D eigenvalue weighted by Gasteiger charge is 2.24. The van der Waals surface area contributed by atoms with Gasteiger partial charge >= 0.3 is 5.97 Å². The van der Waals surface area contributed by atoms with E-state index in [-0.39, 0.29) is 12.5 Å². The molecule has 1 unspecified atom stereocenters. The molecule has 0 aromatic rings. The van der Waals surface area contributed by atoms with E-state index in [2.05, 4.69) is 0 Å². The average molecular weight is 230 g/mol. The minimum Gasteiger partial charge on any atom is -0.465 e. The van der Waals surface area contributed by atoms with Crippen molar-refractivity contribution in [1.82, 2.24) is 4.90 Å². The van der Waals surface area contributed by atoms with Crippen LogP contribution in [0.5, 0.6) is 0 Å². The second kappa shape index (κ2) is 7.22. The lowest BCUT2D eigenvalue weighted by Crippen LogP contribution is -2.46. The van der Waals surface area contributed by atoms with Crippen molar-refractivity contribution < 1.29 is 14.3 Å². The van der Waals surface area contributed by atoms with Crippen LogP contribution in [0.1, 0.15) is 27.7 Å². The molecule has 0 heterocycles. The van der Waals surface area contributed by atoms with Crippen LogP contribution < -0.4 is 5.73 Å². The Balaban J connectivity index is 4.47. The second-order valence-corrected chi connectivity index (χ2v) is 4.22. The molecule has 5 heteroatoms. The van der Waals surface area contributed by atoms with Crippen molar-refractivity contribution in [2.75, 3.05) is 19.7 Å². The minimum atomic E-state index is -0.435. The molecule has 0 spiro atoms. The number of hydrogen-bond acceptors (Lipinski definition) is 4. The highest BCUT2D eigenvalue weighted by molar-refractivity contribution is 5.79. The molecular weight excluding hydrogens is 208 g/mol. The molecule has 0 aliphatic carbocycles. The first-order chi connectivity index (χ1) is 7.38. The van der Waals surface area contributed by atoms with Crippen LogP contribution in [0.2, 0.25) is 0 Å². The number of nitrogens with zero attached hydrogens (tertiary/aromatic N) is 1. The van der Waals surface area contributed by atoms with Crippen LogP contribution in [-0.2, 0) is 14.3 Å². The van der Waals surface area contributed by atoms with Gasteiger partial charge in [0.1, 0.15) is 6.04 Å². The van der Waals surface area contributed by atoms with Crippen molar-refractivity contribution >= 4 is 11.9 Å². The van der Waals surface area contributed by atoms with Gasteiger partial charge in [-0.3, -0.25) is 14.5 Å². The number of nitrogens with two attached hydrogens (primary N) is 1. The first kappa shape index (κ1) is 14.9. The summed E-state index contributed by atoms with van der Waals surface area (Å²) in [5, 5.41) is 0. The SMILES string of the molecule is CCOC(=O)C(C)N(CC(N)=O)CC(C)C. The quantitative estimate of drug-likeness (QED) is 0.642. The zero-order valence-electron chi connectivity index (χ0n) is 10.5. The summed E-state index contributed by atoms with van der Waals surface area (Å²) in [4.78, 5) is 24.2. The Morgan fingerprint density at radius 1 is 1.31 bits per heavy atom. The molecule has 94 valence electrons. The smallest absolute Gasteiger partial charge is 0.323 e. The zero-order valence-corrected chi connectivity index (χ0v) is 10.5. The van der Waals surface area contributed by atoms with Crippen molar-refractivity contribution in [3.05, 3.63) is 0 Å². The fourth-order valence-corrected chi connectivity index (χ4v) is 1.44. The summed E-state index contributed by atoms with van der Waals surface area (Å²) in [6.45, 7) is 8.59. The van der Waals surface area contributed by atoms with Gasteiger partial charge in [0, 0.05) is 6.54 Å². The van der Waals surface area contributed by atoms with E-state index in [9.17, 15) is 9.59 Å². The fourth-order valence-electron chi connectivity index (χ4n) is 1.44. The lowest BCUT2D eigenvalue weighted by Gasteiger charge is -2.27. The molecule has 0 radical (unpaired) electrons. The van der Waals surface area contributed by atoms with Gasteiger partial charge in [-0.05, 0) is 19.8 Å². The van der Waals surface area contributed by atoms with Crippen LogP contribution in [0.25, 0.3) is 0 Å². The number of carbonyl (C=O) groups is 2. The summed E-state index contributed by atoms with van der Waals surface area (Å²) >= 11 is 0. The van der Waals surface area contributed by atoms with Gasteiger partial charge in [0.15, 0.2) is 0 Å². The Bertz CT molecular complexity index is 241. The van der Waals surface area contributed by atoms with Gasteiger partial charge in [-0.15, -0.1) is 0 Å². The summed E-state index contributed by atoms with van der Waals surface area (Å²) in [7, 11) is 0. The van der Waals surface area contributed by atoms with Gasteiger partial charge in [-0.1, -0.05) is 13.8 Å². The number of ether oxygens (including phenoxy) is 1. The molecule has 5 nitrogen and oxygen atoms in total. The Morgan fingerprint density at radius 3 is 2.25 bits per heavy atom. The third-order valence-corrected chi connectivity index (χ3v) is 2.13. The van der Waals surface area contributed by atoms with Crippen LogP contribution in [0.15, 0.2) is 0 Å². The van der Waals surface area contributed by atoms with Crippen LogP contribution in [-0.4, -0.2) is 42.5 Å². The summed E-state index contributed by atoms with van der Waals surface area (Å²) in [6.07, 6.45) is 0. The van der Waals surface area contributed by atoms with E-state index in [4.69, 9.17) is 10.5 Å². The van der Waals surface area contributed by atoms with Gasteiger partial charge < -0.3 is 10.5 Å². The first-order valence-electron chi connectivity index (χ1n) is 5.57. The number of rotatable bonds is 7. The average Bonchev–Trinajstić information content (AvgIpc) is 2.14. The number of amides is 1. The molecule has 0 rings (SSSR count). The predicted molar refractivity (Wildman–Crippen MR) is 61.7 cm³/mol. The van der Waals surface area contributed by atoms with Crippen molar-refractivity contribution in [3.8, 4) is 0 Å². The summed E-state index contributed by atoms with van der Waals surface area (Å²) in [5.74, 6) is -0.391. The van der Waals surface area contributed by atoms with E-state index in [1.165, 1.54) is 0 Å². The predicted octanol–water partition coefficient (Wildman–Crippen LogP) is 0.381. The molecule has 1 amide bonds. The van der Waals surface area contributed by atoms with Crippen molar-refractivity contribution in [3.63, 3.8) is 0 Å². The number of carbonyl (C=O) groups excluding carboxylic acids is 2. The van der Waals surface area contributed by atoms with E-state index in [1.807, 2.05) is 13.8 Å². The van der Waals surface area contributed by atoms with Crippen molar-refractivity contribution in [2.45, 2.75) is 33.7 Å². The topological polar surface area (TPSA) is 72.6 Å². The number of esters is 1. The Morgan fingerprint density at radius 2 is 1.88 bits per heavy atom. The summed E-state index contributed by atoms with van der Waals surface area (Å²) < 4.78 is 4.92. The third kappa shape index (κ3) is 5.70. The normalized spacial score (nSPS) is 12.9. The Hall–Kier alpha value is -1.10. The lowest BCUT2D eigenvalue weighted by atomic mass is 10.1. The van der Waals surface area contributed by atoms with Crippen molar-refractivity contribution in [1.29, 1.82) is 0 Å². The minimum absolute atomic E-state index is 0.0815. The molecule has 0 saturated heterocycles. The lowest BCUT2D eigenvalue weighted by molar-refractivity contribution is -0.149. The Labute approximate surface area is 96.9 Å². The number of primary amides is 1. The molecule has 16 heavy (non-hydrogen) atoms. The largest absolute Gasteiger partial charge is 0.465 e. The summed E-state index contributed by atoms with van der Waals surface area (Å²) in [6, 6.07) is -0.435. The fraction of sp³-hybridized carbons (Fsp3) is 0.818. The standard InChI is InChI=1S/C11H22N2O3/c1-5-16-11(15)9(4)13(6-8(2)3)7-10(12)14/h8-9H,5-7H2,1-4H3,(H2,12,14). The van der Waals surface area contributed by atoms with E-state index < -0.39 is 11.9 Å². The number of hydrogen-bond donors (Lipinski definition) is 1. The molecule has 0 aromatic heterocycles. The molecular formula is C11H22N2O3. The van der Waals surface area contributed by atoms with Crippen LogP contribution >= 0.6 is 0 Å². The van der Waals surface area contributed by atoms with Crippen LogP contribution in [0.3, 0.4) is 0 Å². The van der Waals surface area contributed by atoms with Crippen molar-refractivity contribution in [2.24, 2.45) is 11.7 Å². The molecule has 0 fully saturated rings. The maximum absolute atomic E-state index is 11.5. The van der Waals surface area contributed by atoms with Gasteiger partial charge in [-0.2, -0.15) is 0 Å². The first-order valence-corrected chi connectivity index (χ1v) is 5.57. The van der Waals surface area contributed by atoms with E-state index >= 15 is 0 Å². The molecule has 1 atom stereocenters. The molecule has 2 N–H and O–H groups in total. The molecule has 0 bridgehead atoms. The molecule has 0 aromatic carbocycles. The van der Waals surface area contributed by atoms with Crippen LogP contribution in [0.4, 0.5) is 0 Å². The van der Waals surface area contributed by atoms with Gasteiger partial charge in [0.05, 0.1) is 13.2 Å². The maximum Gasteiger partial charge on any atom is 0.323 e. The zero-order chi connectivity index (χ0) is 12.7. The Kier molecular flexibility index (Phi) is 6.72. The molecule has 0 aliphatic rings. The highest BCUT2D eigenvalue weighted by atomic mass is 16.5. The third-order valence-electron chi connectivity index (χ3n) is 2.13.